The normalized spacial score (nSPS) is 14.2. The number of nitrogens with zero attached hydrogens (tertiary/aromatic N) is 3. The molecule has 0 bridgehead atoms. The second-order valence-corrected chi connectivity index (χ2v) is 6.14. The van der Waals surface area contributed by atoms with E-state index in [2.05, 4.69) is 4.90 Å². The molecule has 0 saturated carbocycles. The van der Waals surface area contributed by atoms with Gasteiger partial charge in [0.15, 0.2) is 0 Å². The van der Waals surface area contributed by atoms with Crippen molar-refractivity contribution in [3.63, 3.8) is 0 Å². The van der Waals surface area contributed by atoms with E-state index in [-0.39, 0.29) is 36.6 Å². The molecule has 1 fully saturated rings. The molecule has 2 rings (SSSR count). The number of benzene rings is 1. The molecule has 0 aromatic heterocycles. The molecule has 26 heavy (non-hydrogen) atoms. The Labute approximate surface area is 168 Å². The number of amides is 2. The van der Waals surface area contributed by atoms with Crippen LogP contribution in [-0.4, -0.2) is 72.3 Å². The Kier molecular flexibility index (Phi) is 11.3. The summed E-state index contributed by atoms with van der Waals surface area (Å²) in [6.45, 7) is 8.79. The van der Waals surface area contributed by atoms with E-state index in [0.29, 0.717) is 31.7 Å². The summed E-state index contributed by atoms with van der Waals surface area (Å²) >= 11 is 0. The zero-order chi connectivity index (χ0) is 17.5. The van der Waals surface area contributed by atoms with E-state index in [0.717, 1.165) is 31.7 Å². The lowest BCUT2D eigenvalue weighted by molar-refractivity contribution is -0.134. The van der Waals surface area contributed by atoms with Gasteiger partial charge in [0.1, 0.15) is 0 Å². The smallest absolute Gasteiger partial charge is 0.236 e. The van der Waals surface area contributed by atoms with Gasteiger partial charge in [0, 0.05) is 45.0 Å². The maximum Gasteiger partial charge on any atom is 0.236 e. The van der Waals surface area contributed by atoms with Crippen LogP contribution in [0, 0.1) is 0 Å². The maximum absolute atomic E-state index is 12.4. The first kappa shape index (κ1) is 24.5. The van der Waals surface area contributed by atoms with E-state index in [9.17, 15) is 9.59 Å². The van der Waals surface area contributed by atoms with Crippen LogP contribution in [0.4, 0.5) is 5.69 Å². The minimum atomic E-state index is 0. The number of nitrogens with two attached hydrogens (primary N) is 1. The van der Waals surface area contributed by atoms with Crippen LogP contribution in [0.2, 0.25) is 0 Å². The quantitative estimate of drug-likeness (QED) is 0.731. The Balaban J connectivity index is 0.00000312. The summed E-state index contributed by atoms with van der Waals surface area (Å²) in [4.78, 5) is 30.4. The van der Waals surface area contributed by atoms with Crippen molar-refractivity contribution in [2.75, 3.05) is 51.5 Å². The summed E-state index contributed by atoms with van der Waals surface area (Å²) in [7, 11) is 0. The zero-order valence-corrected chi connectivity index (χ0v) is 17.2. The van der Waals surface area contributed by atoms with Gasteiger partial charge in [0.25, 0.3) is 0 Å². The molecule has 1 aromatic rings. The second kappa shape index (κ2) is 12.0. The largest absolute Gasteiger partial charge is 0.399 e. The van der Waals surface area contributed by atoms with Crippen LogP contribution in [0.5, 0.6) is 0 Å². The lowest BCUT2D eigenvalue weighted by Crippen LogP contribution is -2.51. The Morgan fingerprint density at radius 3 is 2.04 bits per heavy atom. The fourth-order valence-electron chi connectivity index (χ4n) is 2.94. The number of carbonyl (C=O) groups excluding carboxylic acids is 2. The first-order chi connectivity index (χ1) is 11.5. The second-order valence-electron chi connectivity index (χ2n) is 6.14. The van der Waals surface area contributed by atoms with E-state index < -0.39 is 0 Å². The average Bonchev–Trinajstić information content (AvgIpc) is 2.58. The number of likely N-dealkylation sites (N-methyl/N-ethyl adjacent to an activating group) is 1. The monoisotopic (exact) mass is 404 g/mol. The third-order valence-corrected chi connectivity index (χ3v) is 4.54. The molecule has 8 heteroatoms. The van der Waals surface area contributed by atoms with Gasteiger partial charge >= 0.3 is 0 Å². The van der Waals surface area contributed by atoms with Crippen molar-refractivity contribution in [2.45, 2.75) is 20.3 Å². The van der Waals surface area contributed by atoms with Crippen molar-refractivity contribution in [3.8, 4) is 0 Å². The predicted molar refractivity (Wildman–Crippen MR) is 110 cm³/mol. The third-order valence-electron chi connectivity index (χ3n) is 4.54. The highest BCUT2D eigenvalue weighted by Gasteiger charge is 2.23. The van der Waals surface area contributed by atoms with Gasteiger partial charge in [0.05, 0.1) is 13.0 Å². The lowest BCUT2D eigenvalue weighted by atomic mass is 10.1. The Morgan fingerprint density at radius 2 is 1.54 bits per heavy atom. The van der Waals surface area contributed by atoms with Crippen LogP contribution in [0.1, 0.15) is 19.4 Å². The van der Waals surface area contributed by atoms with Crippen LogP contribution in [-0.2, 0) is 16.0 Å². The Morgan fingerprint density at radius 1 is 1.00 bits per heavy atom. The molecule has 1 heterocycles. The summed E-state index contributed by atoms with van der Waals surface area (Å²) in [6, 6.07) is 7.43. The van der Waals surface area contributed by atoms with Gasteiger partial charge in [-0.2, -0.15) is 0 Å². The van der Waals surface area contributed by atoms with Crippen molar-refractivity contribution in [1.29, 1.82) is 0 Å². The number of rotatable bonds is 6. The van der Waals surface area contributed by atoms with E-state index >= 15 is 0 Å². The molecule has 2 amide bonds. The number of halogens is 2. The Hall–Kier alpha value is -1.50. The number of hydrogen-bond acceptors (Lipinski definition) is 4. The fourth-order valence-corrected chi connectivity index (χ4v) is 2.94. The van der Waals surface area contributed by atoms with Crippen LogP contribution in [0.15, 0.2) is 24.3 Å². The number of nitrogen functional groups attached to an aromatic ring is 1. The molecule has 0 radical (unpaired) electrons. The number of carbonyl (C=O) groups is 2. The zero-order valence-electron chi connectivity index (χ0n) is 15.5. The summed E-state index contributed by atoms with van der Waals surface area (Å²) in [5.41, 5.74) is 7.35. The molecule has 0 spiro atoms. The summed E-state index contributed by atoms with van der Waals surface area (Å²) in [5.74, 6) is 0.302. The Bertz CT molecular complexity index is 557. The number of piperazine rings is 1. The molecular formula is C18H30Cl2N4O2. The van der Waals surface area contributed by atoms with Gasteiger partial charge in [-0.3, -0.25) is 14.5 Å². The van der Waals surface area contributed by atoms with Gasteiger partial charge in [-0.1, -0.05) is 12.1 Å². The van der Waals surface area contributed by atoms with Gasteiger partial charge in [-0.05, 0) is 31.5 Å². The van der Waals surface area contributed by atoms with Crippen LogP contribution >= 0.6 is 24.8 Å². The van der Waals surface area contributed by atoms with Crippen molar-refractivity contribution in [3.05, 3.63) is 29.8 Å². The predicted octanol–water partition coefficient (Wildman–Crippen LogP) is 1.67. The van der Waals surface area contributed by atoms with E-state index in [4.69, 9.17) is 5.73 Å². The molecule has 1 aromatic carbocycles. The van der Waals surface area contributed by atoms with E-state index in [1.807, 2.05) is 47.9 Å². The van der Waals surface area contributed by atoms with Gasteiger partial charge in [0.2, 0.25) is 11.8 Å². The maximum atomic E-state index is 12.4. The number of anilines is 1. The highest BCUT2D eigenvalue weighted by atomic mass is 35.5. The summed E-state index contributed by atoms with van der Waals surface area (Å²) in [6.07, 6.45) is 0.401. The SMILES string of the molecule is CCN(CC)C(=O)CN1CCN(C(=O)Cc2ccc(N)cc2)CC1.Cl.Cl. The summed E-state index contributed by atoms with van der Waals surface area (Å²) in [5, 5.41) is 0. The highest BCUT2D eigenvalue weighted by molar-refractivity contribution is 5.85. The van der Waals surface area contributed by atoms with Crippen molar-refractivity contribution >= 4 is 42.3 Å². The molecular weight excluding hydrogens is 375 g/mol. The molecule has 0 unspecified atom stereocenters. The van der Waals surface area contributed by atoms with Crippen molar-refractivity contribution in [2.24, 2.45) is 0 Å². The molecule has 0 atom stereocenters. The van der Waals surface area contributed by atoms with E-state index in [1.165, 1.54) is 0 Å². The van der Waals surface area contributed by atoms with Crippen LogP contribution in [0.3, 0.4) is 0 Å². The molecule has 1 aliphatic heterocycles. The van der Waals surface area contributed by atoms with E-state index in [1.54, 1.807) is 0 Å². The lowest BCUT2D eigenvalue weighted by Gasteiger charge is -2.35. The highest BCUT2D eigenvalue weighted by Crippen LogP contribution is 2.10. The third kappa shape index (κ3) is 7.02. The minimum Gasteiger partial charge on any atom is -0.399 e. The molecule has 6 nitrogen and oxygen atoms in total. The average molecular weight is 405 g/mol. The minimum absolute atomic E-state index is 0. The first-order valence-corrected chi connectivity index (χ1v) is 8.65. The fraction of sp³-hybridized carbons (Fsp3) is 0.556. The molecule has 1 saturated heterocycles. The van der Waals surface area contributed by atoms with Crippen molar-refractivity contribution in [1.82, 2.24) is 14.7 Å². The molecule has 148 valence electrons. The topological polar surface area (TPSA) is 69.9 Å². The number of hydrogen-bond donors (Lipinski definition) is 1. The molecule has 0 aliphatic carbocycles. The van der Waals surface area contributed by atoms with Crippen molar-refractivity contribution < 1.29 is 9.59 Å². The van der Waals surface area contributed by atoms with Gasteiger partial charge in [-0.15, -0.1) is 24.8 Å². The molecule has 2 N–H and O–H groups in total. The van der Waals surface area contributed by atoms with Crippen LogP contribution in [0.25, 0.3) is 0 Å². The molecule has 1 aliphatic rings. The first-order valence-electron chi connectivity index (χ1n) is 8.65. The standard InChI is InChI=1S/C18H28N4O2.2ClH/c1-3-21(4-2)18(24)14-20-9-11-22(12-10-20)17(23)13-15-5-7-16(19)8-6-15;;/h5-8H,3-4,9-14,19H2,1-2H3;2*1H. The van der Waals surface area contributed by atoms with Crippen LogP contribution < -0.4 is 5.73 Å². The van der Waals surface area contributed by atoms with Gasteiger partial charge in [-0.25, -0.2) is 0 Å². The summed E-state index contributed by atoms with van der Waals surface area (Å²) < 4.78 is 0. The van der Waals surface area contributed by atoms with Gasteiger partial charge < -0.3 is 15.5 Å².